The van der Waals surface area contributed by atoms with Crippen molar-refractivity contribution >= 4 is 28.1 Å². The molecule has 100 valence electrons. The van der Waals surface area contributed by atoms with Crippen LogP contribution in [-0.2, 0) is 4.84 Å². The van der Waals surface area contributed by atoms with Crippen molar-refractivity contribution in [2.45, 2.75) is 17.2 Å². The number of halogens is 3. The molecule has 0 radical (unpaired) electrons. The summed E-state index contributed by atoms with van der Waals surface area (Å²) in [6.45, 7) is 1.53. The second-order valence-electron chi connectivity index (χ2n) is 3.52. The Morgan fingerprint density at radius 2 is 2.33 bits per heavy atom. The van der Waals surface area contributed by atoms with Gasteiger partial charge in [-0.15, -0.1) is 0 Å². The lowest BCUT2D eigenvalue weighted by atomic mass is 10.4. The van der Waals surface area contributed by atoms with E-state index in [1.807, 2.05) is 0 Å². The molecule has 18 heavy (non-hydrogen) atoms. The number of thioether (sulfide) groups is 1. The maximum absolute atomic E-state index is 12.6. The average Bonchev–Trinajstić information content (AvgIpc) is 2.98. The number of thiazole rings is 1. The van der Waals surface area contributed by atoms with Crippen molar-refractivity contribution in [2.75, 3.05) is 24.0 Å². The third-order valence-corrected chi connectivity index (χ3v) is 4.39. The van der Waals surface area contributed by atoms with Crippen LogP contribution in [0.1, 0.15) is 12.8 Å². The number of nitrogens with zero attached hydrogens (tertiary/aromatic N) is 2. The van der Waals surface area contributed by atoms with Crippen LogP contribution in [0.25, 0.3) is 0 Å². The largest absolute Gasteiger partial charge is 0.301 e. The molecule has 0 amide bonds. The minimum Gasteiger partial charge on any atom is -0.273 e. The maximum atomic E-state index is 12.6. The molecular weight excluding hydrogens is 285 g/mol. The van der Waals surface area contributed by atoms with E-state index in [4.69, 9.17) is 4.84 Å². The molecule has 1 aromatic rings. The summed E-state index contributed by atoms with van der Waals surface area (Å²) in [5.41, 5.74) is 0. The maximum Gasteiger partial charge on any atom is 0.301 e. The van der Waals surface area contributed by atoms with Gasteiger partial charge >= 0.3 is 6.08 Å². The van der Waals surface area contributed by atoms with Gasteiger partial charge in [-0.1, -0.05) is 23.1 Å². The number of hydrogen-bond donors (Lipinski definition) is 0. The van der Waals surface area contributed by atoms with Gasteiger partial charge in [-0.3, -0.25) is 4.84 Å². The van der Waals surface area contributed by atoms with Crippen LogP contribution in [0.4, 0.5) is 18.2 Å². The van der Waals surface area contributed by atoms with Gasteiger partial charge in [0.05, 0.1) is 12.8 Å². The Hall–Kier alpha value is -0.730. The Morgan fingerprint density at radius 3 is 3.00 bits per heavy atom. The highest BCUT2D eigenvalue weighted by Gasteiger charge is 2.16. The Labute approximate surface area is 111 Å². The van der Waals surface area contributed by atoms with Crippen molar-refractivity contribution in [1.82, 2.24) is 4.98 Å². The molecule has 1 aliphatic heterocycles. The zero-order chi connectivity index (χ0) is 13.0. The zero-order valence-electron chi connectivity index (χ0n) is 9.37. The SMILES string of the molecule is FC(F)=C(F)CCSc1ncc(N2CCCO2)s1. The van der Waals surface area contributed by atoms with Gasteiger partial charge in [-0.05, 0) is 6.42 Å². The molecule has 1 fully saturated rings. The highest BCUT2D eigenvalue weighted by atomic mass is 32.2. The fourth-order valence-corrected chi connectivity index (χ4v) is 3.34. The predicted octanol–water partition coefficient (Wildman–Crippen LogP) is 3.84. The summed E-state index contributed by atoms with van der Waals surface area (Å²) in [5.74, 6) is -1.10. The molecular formula is C10H11F3N2OS2. The first-order valence-electron chi connectivity index (χ1n) is 5.35. The van der Waals surface area contributed by atoms with Gasteiger partial charge in [-0.2, -0.15) is 8.78 Å². The molecule has 1 aromatic heterocycles. The minimum atomic E-state index is -2.24. The highest BCUT2D eigenvalue weighted by molar-refractivity contribution is 8.01. The van der Waals surface area contributed by atoms with E-state index in [1.165, 1.54) is 23.1 Å². The average molecular weight is 296 g/mol. The Balaban J connectivity index is 1.82. The van der Waals surface area contributed by atoms with Crippen molar-refractivity contribution < 1.29 is 18.0 Å². The van der Waals surface area contributed by atoms with Crippen LogP contribution in [-0.4, -0.2) is 23.9 Å². The number of rotatable bonds is 5. The molecule has 0 aromatic carbocycles. The molecule has 2 rings (SSSR count). The van der Waals surface area contributed by atoms with E-state index in [9.17, 15) is 13.2 Å². The number of aromatic nitrogens is 1. The van der Waals surface area contributed by atoms with Gasteiger partial charge in [0.15, 0.2) is 10.2 Å². The van der Waals surface area contributed by atoms with E-state index in [-0.39, 0.29) is 12.2 Å². The van der Waals surface area contributed by atoms with Crippen LogP contribution in [0.15, 0.2) is 22.4 Å². The lowest BCUT2D eigenvalue weighted by Gasteiger charge is -2.11. The normalized spacial score (nSPS) is 15.2. The fraction of sp³-hybridized carbons (Fsp3) is 0.500. The van der Waals surface area contributed by atoms with Gasteiger partial charge in [0.2, 0.25) is 0 Å². The quantitative estimate of drug-likeness (QED) is 0.771. The van der Waals surface area contributed by atoms with Gasteiger partial charge in [0.25, 0.3) is 0 Å². The first-order chi connectivity index (χ1) is 8.66. The lowest BCUT2D eigenvalue weighted by Crippen LogP contribution is -2.14. The van der Waals surface area contributed by atoms with Crippen LogP contribution in [0.5, 0.6) is 0 Å². The minimum absolute atomic E-state index is 0.247. The second kappa shape index (κ2) is 6.44. The standard InChI is InChI=1S/C10H11F3N2OS2/c11-7(9(12)13)2-5-17-10-14-6-8(18-10)15-3-1-4-16-15/h6H,1-5H2. The first-order valence-corrected chi connectivity index (χ1v) is 7.16. The summed E-state index contributed by atoms with van der Waals surface area (Å²) in [5, 5.41) is 2.66. The molecule has 0 saturated carbocycles. The topological polar surface area (TPSA) is 25.4 Å². The lowest BCUT2D eigenvalue weighted by molar-refractivity contribution is 0.169. The van der Waals surface area contributed by atoms with Crippen LogP contribution >= 0.6 is 23.1 Å². The summed E-state index contributed by atoms with van der Waals surface area (Å²) >= 11 is 2.68. The molecule has 3 nitrogen and oxygen atoms in total. The Bertz CT molecular complexity index is 429. The van der Waals surface area contributed by atoms with Crippen molar-refractivity contribution in [3.8, 4) is 0 Å². The van der Waals surface area contributed by atoms with Crippen molar-refractivity contribution in [3.05, 3.63) is 18.1 Å². The molecule has 0 unspecified atom stereocenters. The molecule has 2 heterocycles. The van der Waals surface area contributed by atoms with E-state index in [1.54, 1.807) is 11.3 Å². The fourth-order valence-electron chi connectivity index (χ4n) is 1.38. The monoisotopic (exact) mass is 296 g/mol. The highest BCUT2D eigenvalue weighted by Crippen LogP contribution is 2.32. The molecule has 0 spiro atoms. The van der Waals surface area contributed by atoms with E-state index in [2.05, 4.69) is 4.98 Å². The van der Waals surface area contributed by atoms with Crippen molar-refractivity contribution in [2.24, 2.45) is 0 Å². The third kappa shape index (κ3) is 3.63. The van der Waals surface area contributed by atoms with Gasteiger partial charge in [0, 0.05) is 18.7 Å². The summed E-state index contributed by atoms with van der Waals surface area (Å²) in [6, 6.07) is 0. The van der Waals surface area contributed by atoms with E-state index >= 15 is 0 Å². The van der Waals surface area contributed by atoms with E-state index < -0.39 is 11.9 Å². The van der Waals surface area contributed by atoms with E-state index in [0.29, 0.717) is 6.61 Å². The van der Waals surface area contributed by atoms with E-state index in [0.717, 1.165) is 22.3 Å². The van der Waals surface area contributed by atoms with Crippen LogP contribution in [0.3, 0.4) is 0 Å². The van der Waals surface area contributed by atoms with Crippen LogP contribution in [0, 0.1) is 0 Å². The summed E-state index contributed by atoms with van der Waals surface area (Å²) in [6.07, 6.45) is 0.148. The summed E-state index contributed by atoms with van der Waals surface area (Å²) in [4.78, 5) is 9.49. The number of hydrogen-bond acceptors (Lipinski definition) is 5. The number of anilines is 1. The third-order valence-electron chi connectivity index (χ3n) is 2.22. The molecule has 0 bridgehead atoms. The first kappa shape index (κ1) is 13.7. The van der Waals surface area contributed by atoms with Gasteiger partial charge < -0.3 is 0 Å². The van der Waals surface area contributed by atoms with Gasteiger partial charge in [-0.25, -0.2) is 14.4 Å². The summed E-state index contributed by atoms with van der Waals surface area (Å²) < 4.78 is 36.9. The molecule has 1 saturated heterocycles. The van der Waals surface area contributed by atoms with Crippen LogP contribution in [0.2, 0.25) is 0 Å². The van der Waals surface area contributed by atoms with Crippen molar-refractivity contribution in [1.29, 1.82) is 0 Å². The Kier molecular flexibility index (Phi) is 4.90. The number of allylic oxidation sites excluding steroid dienone is 1. The molecule has 1 aliphatic rings. The van der Waals surface area contributed by atoms with Crippen LogP contribution < -0.4 is 5.06 Å². The molecule has 0 aliphatic carbocycles. The Morgan fingerprint density at radius 1 is 1.50 bits per heavy atom. The van der Waals surface area contributed by atoms with Gasteiger partial charge in [0.1, 0.15) is 5.00 Å². The second-order valence-corrected chi connectivity index (χ2v) is 5.87. The zero-order valence-corrected chi connectivity index (χ0v) is 11.0. The molecule has 0 N–H and O–H groups in total. The molecule has 8 heteroatoms. The number of hydroxylamine groups is 1. The molecule has 0 atom stereocenters. The smallest absolute Gasteiger partial charge is 0.273 e. The van der Waals surface area contributed by atoms with Crippen molar-refractivity contribution in [3.63, 3.8) is 0 Å². The summed E-state index contributed by atoms with van der Waals surface area (Å²) in [7, 11) is 0. The predicted molar refractivity (Wildman–Crippen MR) is 65.7 cm³/mol.